The molecule has 0 spiro atoms. The summed E-state index contributed by atoms with van der Waals surface area (Å²) in [5.41, 5.74) is 2.17. The number of rotatable bonds is 5. The molecule has 1 aromatic heterocycles. The van der Waals surface area contributed by atoms with Crippen molar-refractivity contribution in [2.75, 3.05) is 25.0 Å². The molecule has 112 valence electrons. The van der Waals surface area contributed by atoms with Crippen molar-refractivity contribution in [2.24, 2.45) is 5.92 Å². The monoisotopic (exact) mass is 286 g/mol. The summed E-state index contributed by atoms with van der Waals surface area (Å²) in [6, 6.07) is 10.0. The lowest BCUT2D eigenvalue weighted by molar-refractivity contribution is 0.172. The van der Waals surface area contributed by atoms with E-state index in [4.69, 9.17) is 0 Å². The molecule has 1 aliphatic heterocycles. The fourth-order valence-electron chi connectivity index (χ4n) is 2.65. The van der Waals surface area contributed by atoms with Crippen LogP contribution in [0, 0.1) is 12.8 Å². The van der Waals surface area contributed by atoms with E-state index in [0.29, 0.717) is 12.5 Å². The minimum absolute atomic E-state index is 0.456. The number of nitrogens with one attached hydrogen (secondary N) is 2. The highest BCUT2D eigenvalue weighted by molar-refractivity contribution is 5.35. The molecule has 2 heterocycles. The Morgan fingerprint density at radius 2 is 2.19 bits per heavy atom. The molecule has 2 aromatic rings. The molecule has 0 bridgehead atoms. The van der Waals surface area contributed by atoms with E-state index in [1.54, 1.807) is 0 Å². The lowest BCUT2D eigenvalue weighted by atomic mass is 10.1. The second-order valence-electron chi connectivity index (χ2n) is 5.73. The van der Waals surface area contributed by atoms with Crippen LogP contribution in [-0.4, -0.2) is 34.5 Å². The van der Waals surface area contributed by atoms with E-state index < -0.39 is 6.10 Å². The van der Waals surface area contributed by atoms with Gasteiger partial charge in [0.25, 0.3) is 0 Å². The normalized spacial score (nSPS) is 18.9. The van der Waals surface area contributed by atoms with Crippen LogP contribution in [0.15, 0.2) is 36.5 Å². The van der Waals surface area contributed by atoms with E-state index in [1.165, 1.54) is 5.56 Å². The molecule has 0 amide bonds. The molecule has 0 radical (unpaired) electrons. The van der Waals surface area contributed by atoms with Crippen molar-refractivity contribution in [1.82, 2.24) is 15.1 Å². The van der Waals surface area contributed by atoms with Crippen LogP contribution in [0.1, 0.15) is 17.2 Å². The highest BCUT2D eigenvalue weighted by atomic mass is 16.3. The number of anilines is 1. The Hall–Kier alpha value is -1.85. The third kappa shape index (κ3) is 3.43. The average Bonchev–Trinajstić information content (AvgIpc) is 2.95. The zero-order chi connectivity index (χ0) is 14.7. The minimum Gasteiger partial charge on any atom is -0.387 e. The Balaban J connectivity index is 1.45. The van der Waals surface area contributed by atoms with E-state index in [-0.39, 0.29) is 0 Å². The number of nitrogens with zero attached hydrogens (tertiary/aromatic N) is 2. The molecule has 0 saturated carbocycles. The van der Waals surface area contributed by atoms with Gasteiger partial charge in [0, 0.05) is 38.2 Å². The van der Waals surface area contributed by atoms with Crippen molar-refractivity contribution < 1.29 is 5.11 Å². The van der Waals surface area contributed by atoms with E-state index in [2.05, 4.69) is 15.7 Å². The second kappa shape index (κ2) is 6.28. The summed E-state index contributed by atoms with van der Waals surface area (Å²) in [5.74, 6) is 1.58. The number of aromatic nitrogens is 2. The SMILES string of the molecule is Cc1ccc([C@H](O)CNC[C@H]2CNc3ccnn3C2)cc1. The first-order valence-electron chi connectivity index (χ1n) is 7.43. The molecule has 3 rings (SSSR count). The summed E-state index contributed by atoms with van der Waals surface area (Å²) in [5, 5.41) is 21.2. The fourth-order valence-corrected chi connectivity index (χ4v) is 2.65. The third-order valence-electron chi connectivity index (χ3n) is 3.95. The Morgan fingerprint density at radius 1 is 1.38 bits per heavy atom. The van der Waals surface area contributed by atoms with Gasteiger partial charge < -0.3 is 15.7 Å². The highest BCUT2D eigenvalue weighted by Gasteiger charge is 2.18. The topological polar surface area (TPSA) is 62.1 Å². The summed E-state index contributed by atoms with van der Waals surface area (Å²) < 4.78 is 1.99. The average molecular weight is 286 g/mol. The Kier molecular flexibility index (Phi) is 4.22. The first kappa shape index (κ1) is 14.1. The Morgan fingerprint density at radius 3 is 3.00 bits per heavy atom. The lowest BCUT2D eigenvalue weighted by Gasteiger charge is -2.25. The maximum atomic E-state index is 10.2. The summed E-state index contributed by atoms with van der Waals surface area (Å²) in [6.45, 7) is 5.36. The van der Waals surface area contributed by atoms with Gasteiger partial charge in [0.2, 0.25) is 0 Å². The van der Waals surface area contributed by atoms with E-state index in [9.17, 15) is 5.11 Å². The zero-order valence-electron chi connectivity index (χ0n) is 12.3. The lowest BCUT2D eigenvalue weighted by Crippen LogP contribution is -2.36. The predicted molar refractivity (Wildman–Crippen MR) is 83.2 cm³/mol. The van der Waals surface area contributed by atoms with E-state index in [0.717, 1.165) is 31.0 Å². The minimum atomic E-state index is -0.456. The second-order valence-corrected chi connectivity index (χ2v) is 5.73. The summed E-state index contributed by atoms with van der Waals surface area (Å²) in [4.78, 5) is 0. The maximum Gasteiger partial charge on any atom is 0.124 e. The van der Waals surface area contributed by atoms with Crippen molar-refractivity contribution in [3.05, 3.63) is 47.7 Å². The van der Waals surface area contributed by atoms with Gasteiger partial charge in [-0.1, -0.05) is 29.8 Å². The Bertz CT molecular complexity index is 578. The molecule has 5 heteroatoms. The molecule has 3 N–H and O–H groups in total. The molecule has 0 fully saturated rings. The number of aliphatic hydroxyl groups is 1. The number of aryl methyl sites for hydroxylation is 1. The quantitative estimate of drug-likeness (QED) is 0.780. The van der Waals surface area contributed by atoms with Crippen LogP contribution >= 0.6 is 0 Å². The van der Waals surface area contributed by atoms with Gasteiger partial charge in [-0.15, -0.1) is 0 Å². The summed E-state index contributed by atoms with van der Waals surface area (Å²) in [7, 11) is 0. The number of hydrogen-bond acceptors (Lipinski definition) is 4. The smallest absolute Gasteiger partial charge is 0.124 e. The van der Waals surface area contributed by atoms with Crippen molar-refractivity contribution in [2.45, 2.75) is 19.6 Å². The predicted octanol–water partition coefficient (Wildman–Crippen LogP) is 1.56. The first-order chi connectivity index (χ1) is 10.2. The van der Waals surface area contributed by atoms with Gasteiger partial charge >= 0.3 is 0 Å². The van der Waals surface area contributed by atoms with Gasteiger partial charge in [-0.3, -0.25) is 0 Å². The van der Waals surface area contributed by atoms with Crippen molar-refractivity contribution in [3.63, 3.8) is 0 Å². The molecular weight excluding hydrogens is 264 g/mol. The molecule has 0 saturated heterocycles. The molecule has 1 aromatic carbocycles. The number of hydrogen-bond donors (Lipinski definition) is 3. The van der Waals surface area contributed by atoms with Gasteiger partial charge in [0.1, 0.15) is 5.82 Å². The highest BCUT2D eigenvalue weighted by Crippen LogP contribution is 2.16. The third-order valence-corrected chi connectivity index (χ3v) is 3.95. The van der Waals surface area contributed by atoms with Crippen LogP contribution in [0.3, 0.4) is 0 Å². The molecule has 2 atom stereocenters. The zero-order valence-corrected chi connectivity index (χ0v) is 12.3. The molecule has 5 nitrogen and oxygen atoms in total. The molecule has 1 aliphatic rings. The van der Waals surface area contributed by atoms with Crippen LogP contribution in [-0.2, 0) is 6.54 Å². The number of benzene rings is 1. The van der Waals surface area contributed by atoms with E-state index in [1.807, 2.05) is 48.1 Å². The molecule has 21 heavy (non-hydrogen) atoms. The summed E-state index contributed by atoms with van der Waals surface area (Å²) in [6.07, 6.45) is 1.36. The van der Waals surface area contributed by atoms with Crippen molar-refractivity contribution in [3.8, 4) is 0 Å². The first-order valence-corrected chi connectivity index (χ1v) is 7.43. The van der Waals surface area contributed by atoms with Crippen molar-refractivity contribution in [1.29, 1.82) is 0 Å². The standard InChI is InChI=1S/C16H22N4O/c1-12-2-4-14(5-3-12)15(21)10-17-8-13-9-18-16-6-7-19-20(16)11-13/h2-7,13,15,17-18,21H,8-11H2,1H3/t13-,15+/m0/s1. The molecule has 0 aliphatic carbocycles. The molecular formula is C16H22N4O. The van der Waals surface area contributed by atoms with Crippen molar-refractivity contribution >= 4 is 5.82 Å². The van der Waals surface area contributed by atoms with Crippen LogP contribution in [0.25, 0.3) is 0 Å². The number of aliphatic hydroxyl groups excluding tert-OH is 1. The van der Waals surface area contributed by atoms with Gasteiger partial charge in [-0.2, -0.15) is 5.10 Å². The van der Waals surface area contributed by atoms with E-state index >= 15 is 0 Å². The molecule has 0 unspecified atom stereocenters. The van der Waals surface area contributed by atoms with Gasteiger partial charge in [-0.25, -0.2) is 4.68 Å². The van der Waals surface area contributed by atoms with Gasteiger partial charge in [-0.05, 0) is 12.5 Å². The van der Waals surface area contributed by atoms with Crippen LogP contribution in [0.5, 0.6) is 0 Å². The van der Waals surface area contributed by atoms with Crippen LogP contribution in [0.4, 0.5) is 5.82 Å². The van der Waals surface area contributed by atoms with Gasteiger partial charge in [0.15, 0.2) is 0 Å². The largest absolute Gasteiger partial charge is 0.387 e. The summed E-state index contributed by atoms with van der Waals surface area (Å²) >= 11 is 0. The van der Waals surface area contributed by atoms with Crippen LogP contribution in [0.2, 0.25) is 0 Å². The fraction of sp³-hybridized carbons (Fsp3) is 0.438. The van der Waals surface area contributed by atoms with Gasteiger partial charge in [0.05, 0.1) is 12.3 Å². The Labute approximate surface area is 125 Å². The van der Waals surface area contributed by atoms with Crippen LogP contribution < -0.4 is 10.6 Å². The number of fused-ring (bicyclic) bond motifs is 1. The maximum absolute atomic E-state index is 10.2.